The lowest BCUT2D eigenvalue weighted by molar-refractivity contribution is -0.155. The van der Waals surface area contributed by atoms with E-state index in [1.165, 1.54) is 4.90 Å². The van der Waals surface area contributed by atoms with Gasteiger partial charge in [0.25, 0.3) is 5.91 Å². The average Bonchev–Trinajstić information content (AvgIpc) is 3.64. The first-order valence-corrected chi connectivity index (χ1v) is 14.7. The third-order valence-corrected chi connectivity index (χ3v) is 8.96. The first-order chi connectivity index (χ1) is 20.3. The van der Waals surface area contributed by atoms with E-state index in [1.807, 2.05) is 62.4 Å². The smallest absolute Gasteiger partial charge is 0.312 e. The molecule has 8 nitrogen and oxygen atoms in total. The van der Waals surface area contributed by atoms with Crippen LogP contribution in [0.25, 0.3) is 0 Å². The normalized spacial score (nSPS) is 26.5. The van der Waals surface area contributed by atoms with Gasteiger partial charge in [0, 0.05) is 12.2 Å². The fourth-order valence-corrected chi connectivity index (χ4v) is 7.10. The highest BCUT2D eigenvalue weighted by Gasteiger charge is 2.75. The Bertz CT molecular complexity index is 1360. The van der Waals surface area contributed by atoms with Gasteiger partial charge in [0.15, 0.2) is 0 Å². The van der Waals surface area contributed by atoms with Crippen molar-refractivity contribution < 1.29 is 29.0 Å². The van der Waals surface area contributed by atoms with Crippen molar-refractivity contribution in [1.82, 2.24) is 4.90 Å². The molecular weight excluding hydrogens is 532 g/mol. The molecule has 2 unspecified atom stereocenters. The van der Waals surface area contributed by atoms with Crippen molar-refractivity contribution in [2.45, 2.75) is 63.3 Å². The Labute approximate surface area is 247 Å². The number of carbonyl (C=O) groups excluding carboxylic acids is 3. The van der Waals surface area contributed by atoms with E-state index in [2.05, 4.69) is 13.2 Å². The predicted octanol–water partition coefficient (Wildman–Crippen LogP) is 3.92. The Morgan fingerprint density at radius 1 is 1.19 bits per heavy atom. The van der Waals surface area contributed by atoms with Gasteiger partial charge >= 0.3 is 5.97 Å². The van der Waals surface area contributed by atoms with Crippen molar-refractivity contribution >= 4 is 23.5 Å². The monoisotopic (exact) mass is 572 g/mol. The molecule has 3 aliphatic rings. The molecule has 222 valence electrons. The molecule has 1 N–H and O–H groups in total. The van der Waals surface area contributed by atoms with Crippen LogP contribution < -0.4 is 4.90 Å². The molecule has 6 atom stereocenters. The van der Waals surface area contributed by atoms with Crippen molar-refractivity contribution in [3.05, 3.63) is 90.5 Å². The minimum atomic E-state index is -1.21. The topological polar surface area (TPSA) is 96.4 Å². The molecule has 3 saturated heterocycles. The van der Waals surface area contributed by atoms with Gasteiger partial charge in [0.05, 0.1) is 37.2 Å². The number of aryl methyl sites for hydroxylation is 2. The number of likely N-dealkylation sites (tertiary alicyclic amines) is 1. The maximum Gasteiger partial charge on any atom is 0.312 e. The van der Waals surface area contributed by atoms with Crippen LogP contribution in [0.4, 0.5) is 5.69 Å². The summed E-state index contributed by atoms with van der Waals surface area (Å²) in [4.78, 5) is 45.9. The molecule has 0 radical (unpaired) electrons. The van der Waals surface area contributed by atoms with Gasteiger partial charge in [0.1, 0.15) is 11.6 Å². The highest BCUT2D eigenvalue weighted by atomic mass is 16.6. The highest BCUT2D eigenvalue weighted by molar-refractivity contribution is 6.05. The number of aliphatic hydroxyl groups excluding tert-OH is 1. The Balaban J connectivity index is 1.60. The third-order valence-electron chi connectivity index (χ3n) is 8.96. The predicted molar refractivity (Wildman–Crippen MR) is 160 cm³/mol. The maximum absolute atomic E-state index is 14.8. The zero-order valence-electron chi connectivity index (χ0n) is 24.4. The van der Waals surface area contributed by atoms with Gasteiger partial charge in [0.2, 0.25) is 5.91 Å². The zero-order chi connectivity index (χ0) is 30.0. The molecule has 2 amide bonds. The molecule has 3 aliphatic heterocycles. The summed E-state index contributed by atoms with van der Waals surface area (Å²) in [6.45, 7) is 11.5. The Morgan fingerprint density at radius 3 is 2.64 bits per heavy atom. The van der Waals surface area contributed by atoms with Gasteiger partial charge in [-0.25, -0.2) is 0 Å². The van der Waals surface area contributed by atoms with E-state index >= 15 is 0 Å². The number of aliphatic hydroxyl groups is 1. The van der Waals surface area contributed by atoms with E-state index in [1.54, 1.807) is 17.1 Å². The van der Waals surface area contributed by atoms with E-state index in [9.17, 15) is 19.5 Å². The molecule has 2 aromatic carbocycles. The van der Waals surface area contributed by atoms with Gasteiger partial charge in [-0.2, -0.15) is 0 Å². The second-order valence-corrected chi connectivity index (χ2v) is 11.6. The molecular formula is C34H40N2O6. The lowest BCUT2D eigenvalue weighted by atomic mass is 9.70. The Morgan fingerprint density at radius 2 is 1.95 bits per heavy atom. The molecule has 2 aromatic rings. The molecule has 3 heterocycles. The summed E-state index contributed by atoms with van der Waals surface area (Å²) in [6, 6.07) is 13.7. The van der Waals surface area contributed by atoms with Gasteiger partial charge in [-0.3, -0.25) is 14.4 Å². The minimum absolute atomic E-state index is 0.165. The zero-order valence-corrected chi connectivity index (χ0v) is 24.4. The summed E-state index contributed by atoms with van der Waals surface area (Å²) in [5.41, 5.74) is 2.34. The number of amides is 2. The van der Waals surface area contributed by atoms with E-state index < -0.39 is 41.6 Å². The van der Waals surface area contributed by atoms with Crippen LogP contribution in [-0.4, -0.2) is 71.3 Å². The number of anilines is 1. The Kier molecular flexibility index (Phi) is 8.66. The fourth-order valence-electron chi connectivity index (χ4n) is 7.10. The van der Waals surface area contributed by atoms with Gasteiger partial charge in [-0.1, -0.05) is 54.6 Å². The van der Waals surface area contributed by atoms with Crippen molar-refractivity contribution in [3.8, 4) is 0 Å². The standard InChI is InChI=1S/C34H40N2O6/c1-5-7-18-41-33(40)28-27-15-16-34(42-27)29(28)31(38)36(25(21-37)20-24-11-9-8-10-12-24)30(34)32(39)35(17-6-2)26-19-22(3)13-14-23(26)4/h5-6,8-14,19,25,27-30,37H,1-2,7,15-18,20-21H2,3-4H3/t25-,27+,28-,29+,30?,34?/m1/s1. The fraction of sp³-hybridized carbons (Fsp3) is 0.441. The van der Waals surface area contributed by atoms with Crippen LogP contribution in [0.1, 0.15) is 36.0 Å². The Hall–Kier alpha value is -3.75. The minimum Gasteiger partial charge on any atom is -0.465 e. The SMILES string of the molecule is C=CCCOC(=O)[C@@H]1[C@@H]2CCC3(O2)C(C(=O)N(CC=C)c2cc(C)ccc2C)N([C@@H](CO)Cc2ccccc2)C(=O)[C@H]13. The first kappa shape index (κ1) is 29.7. The van der Waals surface area contributed by atoms with Crippen molar-refractivity contribution in [1.29, 1.82) is 0 Å². The van der Waals surface area contributed by atoms with Crippen molar-refractivity contribution in [2.24, 2.45) is 11.8 Å². The highest BCUT2D eigenvalue weighted by Crippen LogP contribution is 2.59. The van der Waals surface area contributed by atoms with Crippen LogP contribution in [0.15, 0.2) is 73.8 Å². The summed E-state index contributed by atoms with van der Waals surface area (Å²) < 4.78 is 12.1. The van der Waals surface area contributed by atoms with Crippen molar-refractivity contribution in [2.75, 3.05) is 24.7 Å². The summed E-state index contributed by atoms with van der Waals surface area (Å²) >= 11 is 0. The first-order valence-electron chi connectivity index (χ1n) is 14.7. The van der Waals surface area contributed by atoms with E-state index in [-0.39, 0.29) is 31.6 Å². The van der Waals surface area contributed by atoms with E-state index in [0.717, 1.165) is 22.4 Å². The second kappa shape index (κ2) is 12.2. The third kappa shape index (κ3) is 5.07. The molecule has 0 aromatic heterocycles. The van der Waals surface area contributed by atoms with Crippen LogP contribution in [0, 0.1) is 25.7 Å². The molecule has 8 heteroatoms. The summed E-state index contributed by atoms with van der Waals surface area (Å²) in [6.07, 6.45) is 4.65. The molecule has 0 saturated carbocycles. The van der Waals surface area contributed by atoms with Crippen LogP contribution in [0.5, 0.6) is 0 Å². The molecule has 2 bridgehead atoms. The molecule has 3 fully saturated rings. The molecule has 5 rings (SSSR count). The van der Waals surface area contributed by atoms with Crippen LogP contribution in [-0.2, 0) is 30.3 Å². The molecule has 1 spiro atoms. The molecule has 0 aliphatic carbocycles. The number of esters is 1. The van der Waals surface area contributed by atoms with Gasteiger partial charge in [-0.15, -0.1) is 13.2 Å². The van der Waals surface area contributed by atoms with Gasteiger partial charge in [-0.05, 0) is 62.3 Å². The largest absolute Gasteiger partial charge is 0.465 e. The lowest BCUT2D eigenvalue weighted by Crippen LogP contribution is -2.59. The summed E-state index contributed by atoms with van der Waals surface area (Å²) in [5, 5.41) is 10.7. The van der Waals surface area contributed by atoms with Crippen LogP contribution >= 0.6 is 0 Å². The average molecular weight is 573 g/mol. The number of nitrogens with zero attached hydrogens (tertiary/aromatic N) is 2. The second-order valence-electron chi connectivity index (χ2n) is 11.6. The number of carbonyl (C=O) groups is 3. The van der Waals surface area contributed by atoms with Crippen LogP contribution in [0.3, 0.4) is 0 Å². The van der Waals surface area contributed by atoms with Crippen molar-refractivity contribution in [3.63, 3.8) is 0 Å². The summed E-state index contributed by atoms with van der Waals surface area (Å²) in [7, 11) is 0. The lowest BCUT2D eigenvalue weighted by Gasteiger charge is -2.39. The quantitative estimate of drug-likeness (QED) is 0.235. The number of ether oxygens (including phenoxy) is 2. The number of hydrogen-bond donors (Lipinski definition) is 1. The number of benzene rings is 2. The van der Waals surface area contributed by atoms with Gasteiger partial charge < -0.3 is 24.4 Å². The number of hydrogen-bond acceptors (Lipinski definition) is 6. The number of fused-ring (bicyclic) bond motifs is 1. The molecule has 42 heavy (non-hydrogen) atoms. The maximum atomic E-state index is 14.8. The number of rotatable bonds is 12. The summed E-state index contributed by atoms with van der Waals surface area (Å²) in [5.74, 6) is -2.85. The van der Waals surface area contributed by atoms with E-state index in [4.69, 9.17) is 9.47 Å². The van der Waals surface area contributed by atoms with E-state index in [0.29, 0.717) is 25.7 Å². The van der Waals surface area contributed by atoms with Crippen LogP contribution in [0.2, 0.25) is 0 Å².